The van der Waals surface area contributed by atoms with E-state index in [2.05, 4.69) is 10.1 Å². The number of ether oxygens (including phenoxy) is 1. The third kappa shape index (κ3) is 3.91. The maximum atomic E-state index is 14.0. The lowest BCUT2D eigenvalue weighted by Gasteiger charge is -2.27. The molecule has 1 aliphatic heterocycles. The van der Waals surface area contributed by atoms with Crippen LogP contribution in [0, 0.1) is 5.82 Å². The predicted molar refractivity (Wildman–Crippen MR) is 111 cm³/mol. The predicted octanol–water partition coefficient (Wildman–Crippen LogP) is 1.21. The van der Waals surface area contributed by atoms with Crippen LogP contribution >= 0.6 is 0 Å². The van der Waals surface area contributed by atoms with Crippen LogP contribution in [0.25, 0.3) is 5.65 Å². The van der Waals surface area contributed by atoms with Gasteiger partial charge < -0.3 is 25.6 Å². The molecule has 1 aromatic carbocycles. The molecule has 1 fully saturated rings. The normalized spacial score (nSPS) is 17.3. The number of methoxy groups -OCH3 is 1. The van der Waals surface area contributed by atoms with Gasteiger partial charge in [0.15, 0.2) is 5.65 Å². The van der Waals surface area contributed by atoms with Crippen LogP contribution in [-0.2, 0) is 6.42 Å². The van der Waals surface area contributed by atoms with Gasteiger partial charge in [0.2, 0.25) is 0 Å². The quantitative estimate of drug-likeness (QED) is 0.515. The molecule has 1 aliphatic rings. The number of carbonyl (C=O) groups is 1. The topological polar surface area (TPSA) is 126 Å². The molecule has 0 bridgehead atoms. The van der Waals surface area contributed by atoms with Crippen LogP contribution in [0.3, 0.4) is 0 Å². The summed E-state index contributed by atoms with van der Waals surface area (Å²) in [5, 5.41) is 23.2. The number of aliphatic hydroxyl groups is 2. The van der Waals surface area contributed by atoms with Gasteiger partial charge in [-0.25, -0.2) is 13.9 Å². The Kier molecular flexibility index (Phi) is 5.75. The molecule has 3 aromatic rings. The highest BCUT2D eigenvalue weighted by molar-refractivity contribution is 6.00. The fraction of sp³-hybridized carbons (Fsp3) is 0.381. The first-order valence-electron chi connectivity index (χ1n) is 10.00. The minimum absolute atomic E-state index is 0.0275. The van der Waals surface area contributed by atoms with Gasteiger partial charge in [-0.2, -0.15) is 5.10 Å². The smallest absolute Gasteiger partial charge is 0.254 e. The van der Waals surface area contributed by atoms with Gasteiger partial charge in [-0.05, 0) is 37.1 Å². The molecule has 0 spiro atoms. The summed E-state index contributed by atoms with van der Waals surface area (Å²) in [5.41, 5.74) is 6.94. The van der Waals surface area contributed by atoms with Crippen molar-refractivity contribution in [1.82, 2.24) is 14.6 Å². The average molecular weight is 429 g/mol. The number of aliphatic hydroxyl groups excluding tert-OH is 2. The van der Waals surface area contributed by atoms with E-state index in [0.29, 0.717) is 18.1 Å². The van der Waals surface area contributed by atoms with Gasteiger partial charge in [0.25, 0.3) is 5.91 Å². The molecule has 1 saturated heterocycles. The zero-order chi connectivity index (χ0) is 22.1. The van der Waals surface area contributed by atoms with Crippen molar-refractivity contribution in [3.8, 4) is 5.75 Å². The molecule has 4 N–H and O–H groups in total. The van der Waals surface area contributed by atoms with E-state index in [-0.39, 0.29) is 35.2 Å². The van der Waals surface area contributed by atoms with Crippen molar-refractivity contribution < 1.29 is 24.1 Å². The van der Waals surface area contributed by atoms with E-state index in [4.69, 9.17) is 15.6 Å². The molecule has 0 radical (unpaired) electrons. The second-order valence-corrected chi connectivity index (χ2v) is 7.52. The van der Waals surface area contributed by atoms with Crippen LogP contribution in [0.2, 0.25) is 0 Å². The molecule has 1 amide bonds. The molecule has 10 heteroatoms. The Hall–Kier alpha value is -3.24. The van der Waals surface area contributed by atoms with E-state index in [1.807, 2.05) is 4.90 Å². The number of nitrogens with two attached hydrogens (primary N) is 1. The van der Waals surface area contributed by atoms with Crippen molar-refractivity contribution in [2.45, 2.75) is 31.4 Å². The van der Waals surface area contributed by atoms with E-state index < -0.39 is 18.6 Å². The molecule has 0 aliphatic carbocycles. The van der Waals surface area contributed by atoms with Gasteiger partial charge in [0.05, 0.1) is 31.6 Å². The van der Waals surface area contributed by atoms with Crippen molar-refractivity contribution >= 4 is 17.4 Å². The number of fused-ring (bicyclic) bond motifs is 1. The SMILES string of the molecule is COc1ccc(F)cc1[C@H]1CCCN1c1ccn2nc(C[C@@H](O)CO)c(C(N)=O)c2n1. The second kappa shape index (κ2) is 8.48. The monoisotopic (exact) mass is 429 g/mol. The van der Waals surface area contributed by atoms with Crippen LogP contribution in [0.15, 0.2) is 30.5 Å². The number of halogens is 1. The molecule has 164 valence electrons. The first kappa shape index (κ1) is 21.0. The zero-order valence-electron chi connectivity index (χ0n) is 17.0. The number of amides is 1. The molecule has 0 saturated carbocycles. The lowest BCUT2D eigenvalue weighted by Crippen LogP contribution is -2.24. The van der Waals surface area contributed by atoms with Gasteiger partial charge >= 0.3 is 0 Å². The number of primary amides is 1. The summed E-state index contributed by atoms with van der Waals surface area (Å²) in [4.78, 5) is 18.8. The summed E-state index contributed by atoms with van der Waals surface area (Å²) in [6.07, 6.45) is 2.25. The Labute approximate surface area is 177 Å². The molecule has 4 rings (SSSR count). The largest absolute Gasteiger partial charge is 0.496 e. The molecule has 0 unspecified atom stereocenters. The van der Waals surface area contributed by atoms with Gasteiger partial charge in [-0.3, -0.25) is 4.79 Å². The summed E-state index contributed by atoms with van der Waals surface area (Å²) in [6.45, 7) is 0.235. The van der Waals surface area contributed by atoms with E-state index in [1.54, 1.807) is 25.4 Å². The molecule has 2 aromatic heterocycles. The van der Waals surface area contributed by atoms with E-state index >= 15 is 0 Å². The van der Waals surface area contributed by atoms with Crippen LogP contribution < -0.4 is 15.4 Å². The third-order valence-electron chi connectivity index (χ3n) is 5.53. The molecule has 9 nitrogen and oxygen atoms in total. The average Bonchev–Trinajstić information content (AvgIpc) is 3.37. The maximum Gasteiger partial charge on any atom is 0.254 e. The lowest BCUT2D eigenvalue weighted by atomic mass is 10.0. The molecular weight excluding hydrogens is 405 g/mol. The first-order valence-corrected chi connectivity index (χ1v) is 10.00. The Morgan fingerprint density at radius 2 is 2.23 bits per heavy atom. The fourth-order valence-corrected chi connectivity index (χ4v) is 4.14. The van der Waals surface area contributed by atoms with Crippen molar-refractivity contribution in [3.05, 3.63) is 53.1 Å². The number of anilines is 1. The highest BCUT2D eigenvalue weighted by atomic mass is 19.1. The second-order valence-electron chi connectivity index (χ2n) is 7.52. The highest BCUT2D eigenvalue weighted by Crippen LogP contribution is 2.39. The van der Waals surface area contributed by atoms with E-state index in [0.717, 1.165) is 18.4 Å². The Morgan fingerprint density at radius 3 is 2.94 bits per heavy atom. The Balaban J connectivity index is 1.76. The van der Waals surface area contributed by atoms with Crippen LogP contribution in [0.1, 0.15) is 40.5 Å². The number of rotatable bonds is 7. The maximum absolute atomic E-state index is 14.0. The summed E-state index contributed by atoms with van der Waals surface area (Å²) in [6, 6.07) is 6.07. The number of aromatic nitrogens is 3. The summed E-state index contributed by atoms with van der Waals surface area (Å²) in [7, 11) is 1.55. The minimum Gasteiger partial charge on any atom is -0.496 e. The molecule has 31 heavy (non-hydrogen) atoms. The highest BCUT2D eigenvalue weighted by Gasteiger charge is 2.31. The van der Waals surface area contributed by atoms with Crippen molar-refractivity contribution in [2.24, 2.45) is 5.73 Å². The Bertz CT molecular complexity index is 1120. The number of hydrogen-bond acceptors (Lipinski definition) is 7. The first-order chi connectivity index (χ1) is 14.9. The summed E-state index contributed by atoms with van der Waals surface area (Å²) >= 11 is 0. The van der Waals surface area contributed by atoms with Crippen LogP contribution in [0.4, 0.5) is 10.2 Å². The van der Waals surface area contributed by atoms with Gasteiger partial charge in [-0.15, -0.1) is 0 Å². The summed E-state index contributed by atoms with van der Waals surface area (Å²) in [5.74, 6) is 0.134. The van der Waals surface area contributed by atoms with E-state index in [1.165, 1.54) is 16.6 Å². The van der Waals surface area contributed by atoms with E-state index in [9.17, 15) is 14.3 Å². The molecule has 2 atom stereocenters. The minimum atomic E-state index is -1.06. The van der Waals surface area contributed by atoms with Crippen molar-refractivity contribution in [1.29, 1.82) is 0 Å². The molecule has 3 heterocycles. The standard InChI is InChI=1S/C21H24FN5O4/c1-31-17-5-4-12(22)9-14(17)16-3-2-7-26(16)18-6-8-27-21(24-18)19(20(23)30)15(25-27)10-13(29)11-28/h4-6,8-9,13,16,28-29H,2-3,7,10-11H2,1H3,(H2,23,30)/t13-,16-/m1/s1. The lowest BCUT2D eigenvalue weighted by molar-refractivity contribution is 0.0934. The van der Waals surface area contributed by atoms with Crippen LogP contribution in [-0.4, -0.2) is 57.1 Å². The third-order valence-corrected chi connectivity index (χ3v) is 5.53. The zero-order valence-corrected chi connectivity index (χ0v) is 17.0. The summed E-state index contributed by atoms with van der Waals surface area (Å²) < 4.78 is 20.8. The van der Waals surface area contributed by atoms with Gasteiger partial charge in [0, 0.05) is 24.7 Å². The van der Waals surface area contributed by atoms with Crippen LogP contribution in [0.5, 0.6) is 5.75 Å². The van der Waals surface area contributed by atoms with Gasteiger partial charge in [-0.1, -0.05) is 0 Å². The van der Waals surface area contributed by atoms with Crippen molar-refractivity contribution in [2.75, 3.05) is 25.2 Å². The number of carbonyl (C=O) groups excluding carboxylic acids is 1. The number of hydrogen-bond donors (Lipinski definition) is 3. The van der Waals surface area contributed by atoms with Crippen molar-refractivity contribution in [3.63, 3.8) is 0 Å². The van der Waals surface area contributed by atoms with Gasteiger partial charge in [0.1, 0.15) is 22.9 Å². The fourth-order valence-electron chi connectivity index (χ4n) is 4.14. The number of nitrogens with zero attached hydrogens (tertiary/aromatic N) is 4. The Morgan fingerprint density at radius 1 is 1.42 bits per heavy atom. The number of benzene rings is 1. The molecular formula is C21H24FN5O4.